The molecule has 1 aromatic rings. The molecule has 21 heavy (non-hydrogen) atoms. The van der Waals surface area contributed by atoms with Gasteiger partial charge in [-0.3, -0.25) is 0 Å². The lowest BCUT2D eigenvalue weighted by molar-refractivity contribution is -0.208. The molecule has 5 atom stereocenters. The van der Waals surface area contributed by atoms with E-state index in [1.54, 1.807) is 6.92 Å². The molecule has 2 fully saturated rings. The minimum Gasteiger partial charge on any atom is -0.481 e. The second kappa shape index (κ2) is 5.22. The predicted molar refractivity (Wildman–Crippen MR) is 72.2 cm³/mol. The van der Waals surface area contributed by atoms with E-state index < -0.39 is 30.1 Å². The number of methoxy groups -OCH3 is 1. The van der Waals surface area contributed by atoms with E-state index in [-0.39, 0.29) is 23.6 Å². The quantitative estimate of drug-likeness (QED) is 0.657. The number of aromatic nitrogens is 2. The predicted octanol–water partition coefficient (Wildman–Crippen LogP) is -0.214. The van der Waals surface area contributed by atoms with Gasteiger partial charge in [0.2, 0.25) is 11.8 Å². The van der Waals surface area contributed by atoms with Gasteiger partial charge in [0.25, 0.3) is 0 Å². The van der Waals surface area contributed by atoms with Crippen LogP contribution < -0.4 is 10.1 Å². The highest BCUT2D eigenvalue weighted by Gasteiger charge is 2.56. The van der Waals surface area contributed by atoms with E-state index in [2.05, 4.69) is 15.3 Å². The van der Waals surface area contributed by atoms with E-state index >= 15 is 0 Å². The minimum atomic E-state index is -1.09. The number of hydrogen-bond donors (Lipinski definition) is 3. The molecule has 2 saturated heterocycles. The van der Waals surface area contributed by atoms with Crippen LogP contribution in [0.2, 0.25) is 5.15 Å². The van der Waals surface area contributed by atoms with Crippen molar-refractivity contribution in [3.05, 3.63) is 11.2 Å². The molecule has 0 aromatic carbocycles. The summed E-state index contributed by atoms with van der Waals surface area (Å²) >= 11 is 5.87. The monoisotopic (exact) mass is 317 g/mol. The highest BCUT2D eigenvalue weighted by Crippen LogP contribution is 2.37. The van der Waals surface area contributed by atoms with E-state index in [9.17, 15) is 10.2 Å². The lowest BCUT2D eigenvalue weighted by Gasteiger charge is -2.41. The molecule has 3 heterocycles. The minimum absolute atomic E-state index is 0.151. The number of halogens is 1. The van der Waals surface area contributed by atoms with Crippen LogP contribution >= 0.6 is 11.6 Å². The Morgan fingerprint density at radius 2 is 2.24 bits per heavy atom. The second-order valence-electron chi connectivity index (χ2n) is 5.27. The molecular formula is C12H16ClN3O5. The second-order valence-corrected chi connectivity index (χ2v) is 5.66. The molecule has 0 saturated carbocycles. The Bertz CT molecular complexity index is 548. The van der Waals surface area contributed by atoms with Gasteiger partial charge in [0.15, 0.2) is 6.29 Å². The van der Waals surface area contributed by atoms with Crippen LogP contribution in [0.4, 0.5) is 5.95 Å². The summed E-state index contributed by atoms with van der Waals surface area (Å²) in [6.07, 6.45) is -2.89. The molecular weight excluding hydrogens is 302 g/mol. The van der Waals surface area contributed by atoms with Crippen molar-refractivity contribution in [2.24, 2.45) is 0 Å². The maximum atomic E-state index is 10.2. The number of anilines is 1. The first-order valence-corrected chi connectivity index (χ1v) is 6.81. The smallest absolute Gasteiger partial charge is 0.227 e. The van der Waals surface area contributed by atoms with Crippen molar-refractivity contribution in [3.8, 4) is 5.88 Å². The van der Waals surface area contributed by atoms with Crippen LogP contribution in [0.15, 0.2) is 6.07 Å². The molecule has 0 amide bonds. The topological polar surface area (TPSA) is 106 Å². The van der Waals surface area contributed by atoms with Gasteiger partial charge < -0.3 is 29.7 Å². The molecule has 3 rings (SSSR count). The summed E-state index contributed by atoms with van der Waals surface area (Å²) in [5, 5.41) is 23.5. The van der Waals surface area contributed by atoms with Gasteiger partial charge in [0.05, 0.1) is 13.7 Å². The van der Waals surface area contributed by atoms with Gasteiger partial charge in [0.1, 0.15) is 29.0 Å². The third-order valence-corrected chi connectivity index (χ3v) is 3.90. The lowest BCUT2D eigenvalue weighted by atomic mass is 9.89. The first kappa shape index (κ1) is 14.7. The average Bonchev–Trinajstić information content (AvgIpc) is 2.82. The fourth-order valence-electron chi connectivity index (χ4n) is 2.50. The SMILES string of the molecule is COc1cc(Cl)nc(N[C@H]2[C@H]3OC[C@](C)(O3)[C@H](O)[C@@H]2O)n1. The summed E-state index contributed by atoms with van der Waals surface area (Å²) in [5.74, 6) is 0.430. The zero-order valence-electron chi connectivity index (χ0n) is 11.5. The standard InChI is InChI=1S/C12H16ClN3O5/c1-12-4-20-10(21-12)7(8(17)9(12)18)16-11-14-5(13)3-6(15-11)19-2/h3,7-10,17-18H,4H2,1-2H3,(H,14,15,16)/t7-,8-,9-,10+,12+/m1/s1. The Labute approximate surface area is 126 Å². The van der Waals surface area contributed by atoms with Crippen LogP contribution in [0.3, 0.4) is 0 Å². The van der Waals surface area contributed by atoms with Crippen LogP contribution in [-0.4, -0.2) is 64.0 Å². The van der Waals surface area contributed by atoms with Gasteiger partial charge in [-0.25, -0.2) is 4.98 Å². The number of aliphatic hydroxyl groups is 2. The lowest BCUT2D eigenvalue weighted by Crippen LogP contribution is -2.61. The molecule has 2 aliphatic rings. The Balaban J connectivity index is 1.83. The van der Waals surface area contributed by atoms with Crippen LogP contribution in [0.1, 0.15) is 6.92 Å². The molecule has 0 spiro atoms. The summed E-state index contributed by atoms with van der Waals surface area (Å²) in [7, 11) is 1.45. The Hall–Kier alpha value is -1.19. The van der Waals surface area contributed by atoms with Crippen molar-refractivity contribution in [2.45, 2.75) is 37.1 Å². The molecule has 8 nitrogen and oxygen atoms in total. The summed E-state index contributed by atoms with van der Waals surface area (Å²) in [6.45, 7) is 1.89. The fraction of sp³-hybridized carbons (Fsp3) is 0.667. The van der Waals surface area contributed by atoms with E-state index in [0.29, 0.717) is 0 Å². The van der Waals surface area contributed by atoms with Crippen LogP contribution in [0.5, 0.6) is 5.88 Å². The summed E-state index contributed by atoms with van der Waals surface area (Å²) in [4.78, 5) is 8.07. The van der Waals surface area contributed by atoms with Crippen molar-refractivity contribution < 1.29 is 24.4 Å². The molecule has 2 aliphatic heterocycles. The summed E-state index contributed by atoms with van der Waals surface area (Å²) in [6, 6.07) is 0.733. The normalized spacial score (nSPS) is 38.3. The van der Waals surface area contributed by atoms with Crippen LogP contribution in [0, 0.1) is 0 Å². The van der Waals surface area contributed by atoms with E-state index in [1.807, 2.05) is 0 Å². The number of nitrogens with zero attached hydrogens (tertiary/aromatic N) is 2. The third-order valence-electron chi connectivity index (χ3n) is 3.71. The first-order chi connectivity index (χ1) is 9.93. The fourth-order valence-corrected chi connectivity index (χ4v) is 2.67. The number of fused-ring (bicyclic) bond motifs is 2. The zero-order chi connectivity index (χ0) is 15.2. The highest BCUT2D eigenvalue weighted by atomic mass is 35.5. The van der Waals surface area contributed by atoms with Crippen molar-refractivity contribution in [1.82, 2.24) is 9.97 Å². The number of hydrogen-bond acceptors (Lipinski definition) is 8. The molecule has 116 valence electrons. The van der Waals surface area contributed by atoms with E-state index in [1.165, 1.54) is 13.2 Å². The van der Waals surface area contributed by atoms with E-state index in [4.69, 9.17) is 25.8 Å². The van der Waals surface area contributed by atoms with Gasteiger partial charge in [-0.05, 0) is 6.92 Å². The molecule has 9 heteroatoms. The van der Waals surface area contributed by atoms with Crippen LogP contribution in [-0.2, 0) is 9.47 Å². The molecule has 3 N–H and O–H groups in total. The van der Waals surface area contributed by atoms with Gasteiger partial charge in [-0.1, -0.05) is 11.6 Å². The molecule has 1 aromatic heterocycles. The van der Waals surface area contributed by atoms with Gasteiger partial charge in [0, 0.05) is 6.07 Å². The van der Waals surface area contributed by atoms with Gasteiger partial charge in [-0.2, -0.15) is 4.98 Å². The number of rotatable bonds is 3. The number of aliphatic hydroxyl groups excluding tert-OH is 2. The molecule has 0 radical (unpaired) electrons. The molecule has 0 aliphatic carbocycles. The maximum Gasteiger partial charge on any atom is 0.227 e. The average molecular weight is 318 g/mol. The largest absolute Gasteiger partial charge is 0.481 e. The molecule has 2 bridgehead atoms. The van der Waals surface area contributed by atoms with Crippen molar-refractivity contribution in [3.63, 3.8) is 0 Å². The third kappa shape index (κ3) is 2.53. The van der Waals surface area contributed by atoms with E-state index in [0.717, 1.165) is 0 Å². The highest BCUT2D eigenvalue weighted by molar-refractivity contribution is 6.29. The maximum absolute atomic E-state index is 10.2. The molecule has 0 unspecified atom stereocenters. The van der Waals surface area contributed by atoms with Gasteiger partial charge >= 0.3 is 0 Å². The number of nitrogens with one attached hydrogen (secondary N) is 1. The Kier molecular flexibility index (Phi) is 3.66. The van der Waals surface area contributed by atoms with Gasteiger partial charge in [-0.15, -0.1) is 0 Å². The Morgan fingerprint density at radius 1 is 1.48 bits per heavy atom. The first-order valence-electron chi connectivity index (χ1n) is 6.43. The Morgan fingerprint density at radius 3 is 2.95 bits per heavy atom. The van der Waals surface area contributed by atoms with Crippen molar-refractivity contribution >= 4 is 17.5 Å². The summed E-state index contributed by atoms with van der Waals surface area (Å²) in [5.41, 5.74) is -0.908. The summed E-state index contributed by atoms with van der Waals surface area (Å²) < 4.78 is 16.1. The number of ether oxygens (including phenoxy) is 3. The van der Waals surface area contributed by atoms with Crippen LogP contribution in [0.25, 0.3) is 0 Å². The van der Waals surface area contributed by atoms with Crippen molar-refractivity contribution in [1.29, 1.82) is 0 Å². The van der Waals surface area contributed by atoms with Crippen molar-refractivity contribution in [2.75, 3.05) is 19.0 Å². The zero-order valence-corrected chi connectivity index (χ0v) is 12.2.